The predicted octanol–water partition coefficient (Wildman–Crippen LogP) is 1.79. The zero-order chi connectivity index (χ0) is 24.4. The minimum Gasteiger partial charge on any atom is -0.480 e. The van der Waals surface area contributed by atoms with Gasteiger partial charge in [-0.2, -0.15) is 4.72 Å². The van der Waals surface area contributed by atoms with Crippen molar-refractivity contribution >= 4 is 27.7 Å². The van der Waals surface area contributed by atoms with Crippen LogP contribution in [0.25, 0.3) is 0 Å². The van der Waals surface area contributed by atoms with Crippen LogP contribution in [-0.4, -0.2) is 43.8 Å². The smallest absolute Gasteiger partial charge is 0.323 e. The van der Waals surface area contributed by atoms with Crippen molar-refractivity contribution in [2.45, 2.75) is 50.0 Å². The minimum absolute atomic E-state index is 0.00903. The first-order valence-corrected chi connectivity index (χ1v) is 12.2. The Morgan fingerprint density at radius 1 is 1.09 bits per heavy atom. The van der Waals surface area contributed by atoms with E-state index in [0.717, 1.165) is 18.4 Å². The summed E-state index contributed by atoms with van der Waals surface area (Å²) in [7, 11) is -4.06. The van der Waals surface area contributed by atoms with Gasteiger partial charge in [0.1, 0.15) is 11.9 Å². The van der Waals surface area contributed by atoms with Gasteiger partial charge in [0, 0.05) is 18.5 Å². The number of amidine groups is 1. The van der Waals surface area contributed by atoms with E-state index in [-0.39, 0.29) is 29.6 Å². The Kier molecular flexibility index (Phi) is 9.56. The van der Waals surface area contributed by atoms with E-state index in [2.05, 4.69) is 10.0 Å². The molecule has 1 unspecified atom stereocenters. The monoisotopic (exact) mass is 474 g/mol. The minimum atomic E-state index is -4.06. The van der Waals surface area contributed by atoms with Gasteiger partial charge in [0.15, 0.2) is 0 Å². The molecule has 0 aliphatic rings. The summed E-state index contributed by atoms with van der Waals surface area (Å²) in [5.74, 6) is -1.71. The van der Waals surface area contributed by atoms with Crippen LogP contribution in [0.2, 0.25) is 0 Å². The SMILES string of the molecule is CCc1ccccc1S(=O)(=O)NC(CNC(=O)CCCCc1ccc(C(=N)N)cc1)C(=O)O. The topological polar surface area (TPSA) is 162 Å². The zero-order valence-corrected chi connectivity index (χ0v) is 19.3. The summed E-state index contributed by atoms with van der Waals surface area (Å²) in [5, 5.41) is 19.3. The number of nitrogens with one attached hydrogen (secondary N) is 3. The van der Waals surface area contributed by atoms with Gasteiger partial charge >= 0.3 is 5.97 Å². The van der Waals surface area contributed by atoms with Gasteiger partial charge < -0.3 is 16.2 Å². The molecule has 6 N–H and O–H groups in total. The highest BCUT2D eigenvalue weighted by molar-refractivity contribution is 7.89. The Hall–Kier alpha value is -3.24. The fraction of sp³-hybridized carbons (Fsp3) is 0.348. The van der Waals surface area contributed by atoms with Crippen LogP contribution in [0, 0.1) is 5.41 Å². The molecule has 0 spiro atoms. The zero-order valence-electron chi connectivity index (χ0n) is 18.5. The fourth-order valence-corrected chi connectivity index (χ4v) is 4.76. The average molecular weight is 475 g/mol. The molecule has 1 amide bonds. The lowest BCUT2D eigenvalue weighted by Crippen LogP contribution is -2.48. The second kappa shape index (κ2) is 12.1. The fourth-order valence-electron chi connectivity index (χ4n) is 3.26. The molecule has 0 aliphatic heterocycles. The average Bonchev–Trinajstić information content (AvgIpc) is 2.79. The van der Waals surface area contributed by atoms with Crippen LogP contribution in [0.3, 0.4) is 0 Å². The molecular formula is C23H30N4O5S. The number of benzene rings is 2. The number of aryl methyl sites for hydroxylation is 2. The number of carboxylic acids is 1. The maximum atomic E-state index is 12.7. The first-order valence-electron chi connectivity index (χ1n) is 10.7. The molecule has 10 heteroatoms. The summed E-state index contributed by atoms with van der Waals surface area (Å²) in [6.07, 6.45) is 2.76. The van der Waals surface area contributed by atoms with Crippen LogP contribution in [0.4, 0.5) is 0 Å². The highest BCUT2D eigenvalue weighted by atomic mass is 32.2. The predicted molar refractivity (Wildman–Crippen MR) is 126 cm³/mol. The number of hydrogen-bond donors (Lipinski definition) is 5. The maximum absolute atomic E-state index is 12.7. The maximum Gasteiger partial charge on any atom is 0.323 e. The number of sulfonamides is 1. The van der Waals surface area contributed by atoms with E-state index in [1.807, 2.05) is 19.1 Å². The van der Waals surface area contributed by atoms with Gasteiger partial charge in [-0.25, -0.2) is 8.42 Å². The molecule has 0 aromatic heterocycles. The van der Waals surface area contributed by atoms with Gasteiger partial charge in [0.25, 0.3) is 0 Å². The van der Waals surface area contributed by atoms with E-state index in [1.54, 1.807) is 30.3 Å². The molecule has 0 bridgehead atoms. The lowest BCUT2D eigenvalue weighted by atomic mass is 10.0. The molecule has 0 heterocycles. The van der Waals surface area contributed by atoms with Gasteiger partial charge in [0.05, 0.1) is 4.90 Å². The first kappa shape index (κ1) is 26.0. The van der Waals surface area contributed by atoms with Crippen LogP contribution in [0.1, 0.15) is 42.9 Å². The third-order valence-corrected chi connectivity index (χ3v) is 6.70. The van der Waals surface area contributed by atoms with Crippen LogP contribution >= 0.6 is 0 Å². The molecule has 0 fully saturated rings. The van der Waals surface area contributed by atoms with E-state index >= 15 is 0 Å². The number of carbonyl (C=O) groups is 2. The summed E-state index contributed by atoms with van der Waals surface area (Å²) in [4.78, 5) is 23.7. The van der Waals surface area contributed by atoms with E-state index in [9.17, 15) is 23.1 Å². The lowest BCUT2D eigenvalue weighted by Gasteiger charge is -2.17. The number of rotatable bonds is 13. The molecule has 178 valence electrons. The number of carbonyl (C=O) groups excluding carboxylic acids is 1. The number of unbranched alkanes of at least 4 members (excludes halogenated alkanes) is 1. The van der Waals surface area contributed by atoms with Crippen LogP contribution in [0.15, 0.2) is 53.4 Å². The van der Waals surface area contributed by atoms with Crippen molar-refractivity contribution in [3.8, 4) is 0 Å². The van der Waals surface area contributed by atoms with Crippen molar-refractivity contribution in [3.63, 3.8) is 0 Å². The molecular weight excluding hydrogens is 444 g/mol. The van der Waals surface area contributed by atoms with E-state index in [0.29, 0.717) is 24.0 Å². The molecule has 2 aromatic rings. The molecule has 1 atom stereocenters. The second-order valence-corrected chi connectivity index (χ2v) is 9.28. The number of nitrogen functional groups attached to an aromatic ring is 1. The summed E-state index contributed by atoms with van der Waals surface area (Å²) >= 11 is 0. The van der Waals surface area contributed by atoms with Gasteiger partial charge in [-0.15, -0.1) is 0 Å². The molecule has 0 saturated carbocycles. The van der Waals surface area contributed by atoms with E-state index < -0.39 is 22.0 Å². The summed E-state index contributed by atoms with van der Waals surface area (Å²) < 4.78 is 27.5. The van der Waals surface area contributed by atoms with Crippen molar-refractivity contribution < 1.29 is 23.1 Å². The van der Waals surface area contributed by atoms with Crippen molar-refractivity contribution in [1.29, 1.82) is 5.41 Å². The second-order valence-electron chi connectivity index (χ2n) is 7.60. The van der Waals surface area contributed by atoms with Crippen molar-refractivity contribution in [3.05, 3.63) is 65.2 Å². The van der Waals surface area contributed by atoms with Gasteiger partial charge in [0.2, 0.25) is 15.9 Å². The third kappa shape index (κ3) is 7.99. The summed E-state index contributed by atoms with van der Waals surface area (Å²) in [6, 6.07) is 12.2. The van der Waals surface area contributed by atoms with E-state index in [4.69, 9.17) is 11.1 Å². The number of carboxylic acid groups (broad SMARTS) is 1. The summed E-state index contributed by atoms with van der Waals surface area (Å²) in [5.41, 5.74) is 7.72. The standard InChI is InChI=1S/C23H30N4O5S/c1-2-17-8-4-5-9-20(17)33(31,32)27-19(23(29)30)15-26-21(28)10-6-3-7-16-11-13-18(14-12-16)22(24)25/h4-5,8-9,11-14,19,27H,2-3,6-7,10,15H2,1H3,(H3,24,25)(H,26,28)(H,29,30). The van der Waals surface area contributed by atoms with Gasteiger partial charge in [-0.1, -0.05) is 49.4 Å². The quantitative estimate of drug-likeness (QED) is 0.169. The first-order chi connectivity index (χ1) is 15.6. The Labute approximate surface area is 194 Å². The molecule has 0 saturated heterocycles. The number of hydrogen-bond acceptors (Lipinski definition) is 5. The van der Waals surface area contributed by atoms with E-state index in [1.165, 1.54) is 6.07 Å². The van der Waals surface area contributed by atoms with Crippen molar-refractivity contribution in [1.82, 2.24) is 10.0 Å². The lowest BCUT2D eigenvalue weighted by molar-refractivity contribution is -0.138. The highest BCUT2D eigenvalue weighted by Gasteiger charge is 2.27. The van der Waals surface area contributed by atoms with Crippen molar-refractivity contribution in [2.24, 2.45) is 5.73 Å². The highest BCUT2D eigenvalue weighted by Crippen LogP contribution is 2.16. The number of aliphatic carboxylic acids is 1. The Balaban J connectivity index is 1.82. The van der Waals surface area contributed by atoms with Gasteiger partial charge in [-0.3, -0.25) is 15.0 Å². The molecule has 0 radical (unpaired) electrons. The molecule has 9 nitrogen and oxygen atoms in total. The third-order valence-electron chi connectivity index (χ3n) is 5.13. The largest absolute Gasteiger partial charge is 0.480 e. The Bertz CT molecular complexity index is 1080. The number of nitrogens with two attached hydrogens (primary N) is 1. The van der Waals surface area contributed by atoms with Crippen molar-refractivity contribution in [2.75, 3.05) is 6.54 Å². The summed E-state index contributed by atoms with van der Waals surface area (Å²) in [6.45, 7) is 1.46. The van der Waals surface area contributed by atoms with Crippen LogP contribution in [0.5, 0.6) is 0 Å². The van der Waals surface area contributed by atoms with Gasteiger partial charge in [-0.05, 0) is 42.9 Å². The number of amides is 1. The normalized spacial score (nSPS) is 12.2. The molecule has 33 heavy (non-hydrogen) atoms. The molecule has 2 rings (SSSR count). The molecule has 2 aromatic carbocycles. The van der Waals surface area contributed by atoms with Crippen LogP contribution < -0.4 is 15.8 Å². The molecule has 0 aliphatic carbocycles. The Morgan fingerprint density at radius 3 is 2.36 bits per heavy atom. The Morgan fingerprint density at radius 2 is 1.76 bits per heavy atom. The van der Waals surface area contributed by atoms with Crippen LogP contribution in [-0.2, 0) is 32.5 Å².